The maximum atomic E-state index is 11.8. The van der Waals surface area contributed by atoms with E-state index in [0.717, 1.165) is 23.4 Å². The van der Waals surface area contributed by atoms with Crippen molar-refractivity contribution in [2.75, 3.05) is 13.2 Å². The number of carbonyl (C=O) groups excluding carboxylic acids is 1. The van der Waals surface area contributed by atoms with Crippen LogP contribution < -0.4 is 0 Å². The molecular formula is C13H19NO2. The Bertz CT molecular complexity index is 391. The van der Waals surface area contributed by atoms with E-state index < -0.39 is 0 Å². The second-order valence-corrected chi connectivity index (χ2v) is 3.90. The van der Waals surface area contributed by atoms with E-state index in [1.54, 1.807) is 6.08 Å². The van der Waals surface area contributed by atoms with Gasteiger partial charge in [-0.1, -0.05) is 6.08 Å². The molecule has 0 fully saturated rings. The number of hydrogen-bond donors (Lipinski definition) is 0. The van der Waals surface area contributed by atoms with Crippen molar-refractivity contribution in [1.29, 1.82) is 0 Å². The minimum atomic E-state index is 0.0465. The Balaban J connectivity index is 2.59. The van der Waals surface area contributed by atoms with Crippen molar-refractivity contribution in [2.24, 2.45) is 7.05 Å². The Labute approximate surface area is 96.7 Å². The van der Waals surface area contributed by atoms with Crippen LogP contribution in [-0.4, -0.2) is 23.6 Å². The highest BCUT2D eigenvalue weighted by atomic mass is 16.5. The van der Waals surface area contributed by atoms with E-state index in [9.17, 15) is 4.79 Å². The smallest absolute Gasteiger partial charge is 0.190 e. The zero-order chi connectivity index (χ0) is 12.1. The standard InChI is InChI=1S/C13H19NO2/c1-5-6-7-16-9-13(15)12-8-10(2)14(4)11(12)3/h5,8H,1,6-7,9H2,2-4H3. The summed E-state index contributed by atoms with van der Waals surface area (Å²) in [6, 6.07) is 1.91. The Morgan fingerprint density at radius 3 is 2.75 bits per heavy atom. The number of aryl methyl sites for hydroxylation is 1. The molecule has 0 spiro atoms. The third kappa shape index (κ3) is 2.83. The maximum Gasteiger partial charge on any atom is 0.190 e. The van der Waals surface area contributed by atoms with Gasteiger partial charge in [0.2, 0.25) is 0 Å². The molecule has 0 saturated carbocycles. The van der Waals surface area contributed by atoms with Crippen molar-refractivity contribution in [2.45, 2.75) is 20.3 Å². The van der Waals surface area contributed by atoms with Gasteiger partial charge in [-0.3, -0.25) is 4.79 Å². The van der Waals surface area contributed by atoms with Gasteiger partial charge in [0.15, 0.2) is 5.78 Å². The first-order valence-electron chi connectivity index (χ1n) is 5.42. The molecule has 1 aromatic rings. The molecule has 1 rings (SSSR count). The van der Waals surface area contributed by atoms with Crippen LogP contribution in [0.4, 0.5) is 0 Å². The number of Topliss-reactive ketones (excluding diaryl/α,β-unsaturated/α-hetero) is 1. The number of ketones is 1. The van der Waals surface area contributed by atoms with Gasteiger partial charge in [0, 0.05) is 24.0 Å². The summed E-state index contributed by atoms with van der Waals surface area (Å²) in [6.45, 7) is 8.24. The predicted octanol–water partition coefficient (Wildman–Crippen LogP) is 2.42. The number of rotatable bonds is 6. The molecule has 3 heteroatoms. The van der Waals surface area contributed by atoms with E-state index in [-0.39, 0.29) is 12.4 Å². The molecule has 88 valence electrons. The monoisotopic (exact) mass is 221 g/mol. The van der Waals surface area contributed by atoms with Crippen molar-refractivity contribution in [1.82, 2.24) is 4.57 Å². The van der Waals surface area contributed by atoms with E-state index in [1.165, 1.54) is 0 Å². The molecule has 0 unspecified atom stereocenters. The Kier molecular flexibility index (Phi) is 4.50. The third-order valence-electron chi connectivity index (χ3n) is 2.78. The largest absolute Gasteiger partial charge is 0.373 e. The Hall–Kier alpha value is -1.35. The van der Waals surface area contributed by atoms with Crippen molar-refractivity contribution in [3.05, 3.63) is 35.7 Å². The fraction of sp³-hybridized carbons (Fsp3) is 0.462. The molecule has 0 aliphatic heterocycles. The Morgan fingerprint density at radius 2 is 2.25 bits per heavy atom. The predicted molar refractivity (Wildman–Crippen MR) is 64.9 cm³/mol. The lowest BCUT2D eigenvalue weighted by molar-refractivity contribution is 0.0767. The summed E-state index contributed by atoms with van der Waals surface area (Å²) in [5.41, 5.74) is 2.85. The molecule has 0 radical (unpaired) electrons. The minimum absolute atomic E-state index is 0.0465. The first-order chi connectivity index (χ1) is 7.57. The molecule has 0 aromatic carbocycles. The number of nitrogens with zero attached hydrogens (tertiary/aromatic N) is 1. The Morgan fingerprint density at radius 1 is 1.56 bits per heavy atom. The number of carbonyl (C=O) groups is 1. The first-order valence-corrected chi connectivity index (χ1v) is 5.42. The molecule has 0 N–H and O–H groups in total. The molecule has 0 saturated heterocycles. The summed E-state index contributed by atoms with van der Waals surface area (Å²) in [4.78, 5) is 11.8. The second-order valence-electron chi connectivity index (χ2n) is 3.90. The molecular weight excluding hydrogens is 202 g/mol. The lowest BCUT2D eigenvalue weighted by Gasteiger charge is -2.03. The van der Waals surface area contributed by atoms with Crippen LogP contribution in [0.3, 0.4) is 0 Å². The van der Waals surface area contributed by atoms with Crippen molar-refractivity contribution >= 4 is 5.78 Å². The van der Waals surface area contributed by atoms with Gasteiger partial charge in [0.05, 0.1) is 6.61 Å². The molecule has 0 aliphatic rings. The second kappa shape index (κ2) is 5.66. The maximum absolute atomic E-state index is 11.8. The van der Waals surface area contributed by atoms with Crippen molar-refractivity contribution in [3.63, 3.8) is 0 Å². The molecule has 0 atom stereocenters. The normalized spacial score (nSPS) is 10.4. The molecule has 0 bridgehead atoms. The number of hydrogen-bond acceptors (Lipinski definition) is 2. The van der Waals surface area contributed by atoms with E-state index in [1.807, 2.05) is 31.5 Å². The van der Waals surface area contributed by atoms with Gasteiger partial charge < -0.3 is 9.30 Å². The van der Waals surface area contributed by atoms with Crippen LogP contribution in [0.5, 0.6) is 0 Å². The van der Waals surface area contributed by atoms with Crippen LogP contribution in [0.25, 0.3) is 0 Å². The van der Waals surface area contributed by atoms with Crippen molar-refractivity contribution in [3.8, 4) is 0 Å². The van der Waals surface area contributed by atoms with Gasteiger partial charge >= 0.3 is 0 Å². The third-order valence-corrected chi connectivity index (χ3v) is 2.78. The average molecular weight is 221 g/mol. The lowest BCUT2D eigenvalue weighted by atomic mass is 10.1. The SMILES string of the molecule is C=CCCOCC(=O)c1cc(C)n(C)c1C. The van der Waals surface area contributed by atoms with Gasteiger partial charge in [0.25, 0.3) is 0 Å². The molecule has 3 nitrogen and oxygen atoms in total. The number of ether oxygens (including phenoxy) is 1. The summed E-state index contributed by atoms with van der Waals surface area (Å²) in [5, 5.41) is 0. The number of aromatic nitrogens is 1. The average Bonchev–Trinajstić information content (AvgIpc) is 2.52. The quantitative estimate of drug-likeness (QED) is 0.419. The minimum Gasteiger partial charge on any atom is -0.373 e. The fourth-order valence-electron chi connectivity index (χ4n) is 1.55. The summed E-state index contributed by atoms with van der Waals surface area (Å²) in [5.74, 6) is 0.0465. The van der Waals surface area contributed by atoms with Crippen LogP contribution in [0, 0.1) is 13.8 Å². The van der Waals surface area contributed by atoms with Gasteiger partial charge in [-0.05, 0) is 26.3 Å². The zero-order valence-electron chi connectivity index (χ0n) is 10.2. The van der Waals surface area contributed by atoms with Crippen LogP contribution in [0.1, 0.15) is 28.2 Å². The van der Waals surface area contributed by atoms with E-state index in [4.69, 9.17) is 4.74 Å². The molecule has 16 heavy (non-hydrogen) atoms. The summed E-state index contributed by atoms with van der Waals surface area (Å²) < 4.78 is 7.28. The van der Waals surface area contributed by atoms with Crippen LogP contribution >= 0.6 is 0 Å². The molecule has 1 aromatic heterocycles. The van der Waals surface area contributed by atoms with Crippen molar-refractivity contribution < 1.29 is 9.53 Å². The highest BCUT2D eigenvalue weighted by molar-refractivity contribution is 5.98. The summed E-state index contributed by atoms with van der Waals surface area (Å²) in [6.07, 6.45) is 2.56. The van der Waals surface area contributed by atoms with Gasteiger partial charge in [-0.15, -0.1) is 6.58 Å². The summed E-state index contributed by atoms with van der Waals surface area (Å²) >= 11 is 0. The topological polar surface area (TPSA) is 31.2 Å². The van der Waals surface area contributed by atoms with Crippen LogP contribution in [-0.2, 0) is 11.8 Å². The molecule has 1 heterocycles. The van der Waals surface area contributed by atoms with Gasteiger partial charge in [-0.25, -0.2) is 0 Å². The lowest BCUT2D eigenvalue weighted by Crippen LogP contribution is -2.10. The summed E-state index contributed by atoms with van der Waals surface area (Å²) in [7, 11) is 1.96. The van der Waals surface area contributed by atoms with Gasteiger partial charge in [-0.2, -0.15) is 0 Å². The highest BCUT2D eigenvalue weighted by Gasteiger charge is 2.13. The first kappa shape index (κ1) is 12.7. The molecule has 0 aliphatic carbocycles. The van der Waals surface area contributed by atoms with Crippen LogP contribution in [0.2, 0.25) is 0 Å². The van der Waals surface area contributed by atoms with E-state index >= 15 is 0 Å². The fourth-order valence-corrected chi connectivity index (χ4v) is 1.55. The van der Waals surface area contributed by atoms with Gasteiger partial charge in [0.1, 0.15) is 6.61 Å². The van der Waals surface area contributed by atoms with E-state index in [2.05, 4.69) is 6.58 Å². The molecule has 0 amide bonds. The zero-order valence-corrected chi connectivity index (χ0v) is 10.2. The van der Waals surface area contributed by atoms with E-state index in [0.29, 0.717) is 6.61 Å². The highest BCUT2D eigenvalue weighted by Crippen LogP contribution is 2.13. The van der Waals surface area contributed by atoms with Crippen LogP contribution in [0.15, 0.2) is 18.7 Å².